The van der Waals surface area contributed by atoms with E-state index in [-0.39, 0.29) is 5.56 Å². The van der Waals surface area contributed by atoms with Gasteiger partial charge in [-0.15, -0.1) is 0 Å². The molecule has 0 spiro atoms. The molecule has 76 valence electrons. The lowest BCUT2D eigenvalue weighted by atomic mass is 10.1. The van der Waals surface area contributed by atoms with Crippen molar-refractivity contribution in [1.82, 2.24) is 5.48 Å². The van der Waals surface area contributed by atoms with E-state index < -0.39 is 11.8 Å². The summed E-state index contributed by atoms with van der Waals surface area (Å²) in [6.07, 6.45) is 0. The van der Waals surface area contributed by atoms with Gasteiger partial charge in [0.1, 0.15) is 0 Å². The summed E-state index contributed by atoms with van der Waals surface area (Å²) in [5.41, 5.74) is 0.821. The Labute approximate surface area is 92.7 Å². The van der Waals surface area contributed by atoms with Crippen molar-refractivity contribution in [3.8, 4) is 0 Å². The van der Waals surface area contributed by atoms with Crippen molar-refractivity contribution >= 4 is 28.4 Å². The van der Waals surface area contributed by atoms with Gasteiger partial charge in [-0.1, -0.05) is 12.1 Å². The van der Waals surface area contributed by atoms with Crippen LogP contribution in [0.15, 0.2) is 24.3 Å². The van der Waals surface area contributed by atoms with Crippen LogP contribution >= 0.6 is 22.6 Å². The van der Waals surface area contributed by atoms with Gasteiger partial charge in [-0.2, -0.15) is 8.78 Å². The number of nitrogens with one attached hydrogen (secondary N) is 2. The fourth-order valence-electron chi connectivity index (χ4n) is 0.874. The third-order valence-corrected chi connectivity index (χ3v) is 2.35. The zero-order valence-electron chi connectivity index (χ0n) is 6.89. The van der Waals surface area contributed by atoms with Crippen LogP contribution in [0.4, 0.5) is 8.78 Å². The first-order chi connectivity index (χ1) is 6.48. The van der Waals surface area contributed by atoms with Gasteiger partial charge in [0, 0.05) is 9.13 Å². The van der Waals surface area contributed by atoms with Gasteiger partial charge >= 0.3 is 5.92 Å². The summed E-state index contributed by atoms with van der Waals surface area (Å²) in [7, 11) is 0. The molecule has 1 aromatic rings. The Morgan fingerprint density at radius 3 is 2.29 bits per heavy atom. The van der Waals surface area contributed by atoms with Crippen molar-refractivity contribution in [3.63, 3.8) is 0 Å². The Balaban J connectivity index is 3.03. The molecule has 0 aliphatic heterocycles. The first kappa shape index (κ1) is 11.3. The van der Waals surface area contributed by atoms with Gasteiger partial charge in [-0.25, -0.2) is 0 Å². The fourth-order valence-corrected chi connectivity index (χ4v) is 1.23. The Morgan fingerprint density at radius 2 is 1.86 bits per heavy atom. The predicted molar refractivity (Wildman–Crippen MR) is 55.7 cm³/mol. The van der Waals surface area contributed by atoms with Crippen LogP contribution in [0.5, 0.6) is 0 Å². The lowest BCUT2D eigenvalue weighted by molar-refractivity contribution is 0.0560. The van der Waals surface area contributed by atoms with Gasteiger partial charge in [0.05, 0.1) is 0 Å². The summed E-state index contributed by atoms with van der Waals surface area (Å²) in [5, 5.41) is 15.0. The molecule has 0 saturated carbocycles. The Kier molecular flexibility index (Phi) is 3.38. The van der Waals surface area contributed by atoms with Crippen LogP contribution in [0, 0.1) is 8.98 Å². The minimum atomic E-state index is -3.49. The van der Waals surface area contributed by atoms with E-state index in [9.17, 15) is 8.78 Å². The van der Waals surface area contributed by atoms with Gasteiger partial charge in [-0.05, 0) is 34.7 Å². The molecule has 3 N–H and O–H groups in total. The highest BCUT2D eigenvalue weighted by molar-refractivity contribution is 14.1. The molecule has 0 heterocycles. The van der Waals surface area contributed by atoms with E-state index in [0.717, 1.165) is 9.05 Å². The summed E-state index contributed by atoms with van der Waals surface area (Å²) < 4.78 is 27.3. The van der Waals surface area contributed by atoms with Crippen LogP contribution in [0.3, 0.4) is 0 Å². The summed E-state index contributed by atoms with van der Waals surface area (Å²) in [6.45, 7) is 0. The van der Waals surface area contributed by atoms with Crippen molar-refractivity contribution in [2.45, 2.75) is 5.92 Å². The largest absolute Gasteiger partial charge is 0.331 e. The second kappa shape index (κ2) is 4.18. The Bertz CT molecular complexity index is 340. The lowest BCUT2D eigenvalue weighted by Crippen LogP contribution is -2.35. The number of alkyl halides is 2. The molecule has 0 aliphatic rings. The van der Waals surface area contributed by atoms with E-state index in [4.69, 9.17) is 10.6 Å². The number of amidine groups is 1. The molecule has 0 fully saturated rings. The molecule has 0 bridgehead atoms. The van der Waals surface area contributed by atoms with Crippen molar-refractivity contribution < 1.29 is 14.0 Å². The molecule has 1 aromatic carbocycles. The smallest absolute Gasteiger partial charge is 0.290 e. The molecule has 6 heteroatoms. The summed E-state index contributed by atoms with van der Waals surface area (Å²) in [5.74, 6) is -4.72. The number of hydrogen-bond donors (Lipinski definition) is 3. The average molecular weight is 312 g/mol. The maximum absolute atomic E-state index is 13.2. The van der Waals surface area contributed by atoms with Crippen molar-refractivity contribution in [1.29, 1.82) is 5.41 Å². The zero-order valence-corrected chi connectivity index (χ0v) is 9.05. The molecular formula is C8H7F2IN2O. The zero-order chi connectivity index (χ0) is 10.8. The molecule has 3 nitrogen and oxygen atoms in total. The average Bonchev–Trinajstić information content (AvgIpc) is 2.17. The third kappa shape index (κ3) is 2.18. The van der Waals surface area contributed by atoms with Crippen LogP contribution < -0.4 is 5.48 Å². The Hall–Kier alpha value is -0.760. The molecule has 0 aromatic heterocycles. The van der Waals surface area contributed by atoms with E-state index in [1.54, 1.807) is 0 Å². The molecular weight excluding hydrogens is 305 g/mol. The molecule has 14 heavy (non-hydrogen) atoms. The number of rotatable bonds is 2. The molecule has 0 saturated heterocycles. The van der Waals surface area contributed by atoms with Crippen molar-refractivity contribution in [2.75, 3.05) is 0 Å². The monoisotopic (exact) mass is 312 g/mol. The van der Waals surface area contributed by atoms with Gasteiger partial charge in [0.25, 0.3) is 0 Å². The minimum absolute atomic E-state index is 0.329. The van der Waals surface area contributed by atoms with Gasteiger partial charge in [-0.3, -0.25) is 16.1 Å². The molecule has 0 amide bonds. The van der Waals surface area contributed by atoms with E-state index >= 15 is 0 Å². The normalized spacial score (nSPS) is 11.1. The van der Waals surface area contributed by atoms with E-state index in [0.29, 0.717) is 0 Å². The SMILES string of the molecule is N=C(NO)C(F)(F)c1ccc(I)cc1. The second-order valence-electron chi connectivity index (χ2n) is 2.57. The summed E-state index contributed by atoms with van der Waals surface area (Å²) in [6, 6.07) is 5.45. The fraction of sp³-hybridized carbons (Fsp3) is 0.125. The standard InChI is InChI=1S/C8H7F2IN2O/c9-8(10,7(12)13-14)5-1-3-6(11)4-2-5/h1-4,14H,(H2,12,13). The second-order valence-corrected chi connectivity index (χ2v) is 3.81. The van der Waals surface area contributed by atoms with Crippen LogP contribution in [0.2, 0.25) is 0 Å². The maximum Gasteiger partial charge on any atom is 0.331 e. The molecule has 0 atom stereocenters. The third-order valence-electron chi connectivity index (χ3n) is 1.63. The van der Waals surface area contributed by atoms with Crippen LogP contribution in [-0.2, 0) is 5.92 Å². The number of benzene rings is 1. The van der Waals surface area contributed by atoms with Gasteiger partial charge < -0.3 is 0 Å². The van der Waals surface area contributed by atoms with Gasteiger partial charge in [0.2, 0.25) is 0 Å². The summed E-state index contributed by atoms with van der Waals surface area (Å²) in [4.78, 5) is 0. The van der Waals surface area contributed by atoms with Crippen LogP contribution in [0.25, 0.3) is 0 Å². The molecule has 1 rings (SSSR count). The topological polar surface area (TPSA) is 56.1 Å². The maximum atomic E-state index is 13.2. The first-order valence-electron chi connectivity index (χ1n) is 3.61. The molecule has 0 radical (unpaired) electrons. The highest BCUT2D eigenvalue weighted by atomic mass is 127. The summed E-state index contributed by atoms with van der Waals surface area (Å²) >= 11 is 1.99. The minimum Gasteiger partial charge on any atom is -0.290 e. The van der Waals surface area contributed by atoms with Crippen molar-refractivity contribution in [2.24, 2.45) is 0 Å². The van der Waals surface area contributed by atoms with Crippen LogP contribution in [-0.4, -0.2) is 11.0 Å². The lowest BCUT2D eigenvalue weighted by Gasteiger charge is -2.16. The first-order valence-corrected chi connectivity index (χ1v) is 4.69. The predicted octanol–water partition coefficient (Wildman–Crippen LogP) is 2.34. The quantitative estimate of drug-likeness (QED) is 0.340. The van der Waals surface area contributed by atoms with Gasteiger partial charge in [0.15, 0.2) is 5.84 Å². The number of hydroxylamine groups is 1. The number of hydrogen-bond acceptors (Lipinski definition) is 2. The van der Waals surface area contributed by atoms with E-state index in [2.05, 4.69) is 0 Å². The van der Waals surface area contributed by atoms with E-state index in [1.807, 2.05) is 22.6 Å². The molecule has 0 unspecified atom stereocenters. The highest BCUT2D eigenvalue weighted by Gasteiger charge is 2.37. The van der Waals surface area contributed by atoms with Crippen molar-refractivity contribution in [3.05, 3.63) is 33.4 Å². The number of halogens is 3. The highest BCUT2D eigenvalue weighted by Crippen LogP contribution is 2.28. The van der Waals surface area contributed by atoms with Crippen LogP contribution in [0.1, 0.15) is 5.56 Å². The Morgan fingerprint density at radius 1 is 1.36 bits per heavy atom. The van der Waals surface area contributed by atoms with E-state index in [1.165, 1.54) is 24.3 Å². The molecule has 0 aliphatic carbocycles.